The van der Waals surface area contributed by atoms with Crippen molar-refractivity contribution in [3.63, 3.8) is 0 Å². The molecule has 1 aromatic carbocycles. The molecule has 84 valence electrons. The van der Waals surface area contributed by atoms with Gasteiger partial charge in [0, 0.05) is 12.1 Å². The Balaban J connectivity index is 2.19. The van der Waals surface area contributed by atoms with E-state index < -0.39 is 0 Å². The largest absolute Gasteiger partial charge is 0.454 e. The molecule has 0 radical (unpaired) electrons. The number of hydrogen-bond donors (Lipinski definition) is 0. The Labute approximate surface area is 99.6 Å². The van der Waals surface area contributed by atoms with Crippen molar-refractivity contribution in [3.05, 3.63) is 42.2 Å². The van der Waals surface area contributed by atoms with E-state index in [9.17, 15) is 0 Å². The van der Waals surface area contributed by atoms with Crippen LogP contribution in [0.15, 0.2) is 36.7 Å². The second kappa shape index (κ2) is 5.03. The molecule has 0 saturated heterocycles. The molecule has 0 aliphatic carbocycles. The van der Waals surface area contributed by atoms with Gasteiger partial charge in [0.15, 0.2) is 5.75 Å². The third-order valence-corrected chi connectivity index (χ3v) is 2.57. The average Bonchev–Trinajstić information content (AvgIpc) is 2.77. The van der Waals surface area contributed by atoms with Gasteiger partial charge >= 0.3 is 0 Å². The lowest BCUT2D eigenvalue weighted by molar-refractivity contribution is 0.477. The molecule has 0 bridgehead atoms. The van der Waals surface area contributed by atoms with E-state index in [0.29, 0.717) is 5.88 Å². The highest BCUT2D eigenvalue weighted by molar-refractivity contribution is 6.17. The first-order chi connectivity index (χ1) is 7.83. The monoisotopic (exact) mass is 236 g/mol. The number of para-hydroxylation sites is 1. The third kappa shape index (κ3) is 2.36. The maximum Gasteiger partial charge on any atom is 0.165 e. The minimum Gasteiger partial charge on any atom is -0.454 e. The molecule has 0 spiro atoms. The molecule has 0 unspecified atom stereocenters. The van der Waals surface area contributed by atoms with Crippen molar-refractivity contribution in [3.8, 4) is 11.5 Å². The normalized spacial score (nSPS) is 10.4. The SMILES string of the molecule is CCn1cc(Oc2ccccc2CCl)cn1. The molecule has 0 fully saturated rings. The van der Waals surface area contributed by atoms with Crippen LogP contribution >= 0.6 is 11.6 Å². The summed E-state index contributed by atoms with van der Waals surface area (Å²) in [5.41, 5.74) is 0.980. The number of benzene rings is 1. The molecule has 16 heavy (non-hydrogen) atoms. The standard InChI is InChI=1S/C12H13ClN2O/c1-2-15-9-11(8-14-15)16-12-6-4-3-5-10(12)7-13/h3-6,8-9H,2,7H2,1H3. The van der Waals surface area contributed by atoms with Crippen LogP contribution in [0.4, 0.5) is 0 Å². The molecule has 1 heterocycles. The number of hydrogen-bond acceptors (Lipinski definition) is 2. The highest BCUT2D eigenvalue weighted by Gasteiger charge is 2.04. The highest BCUT2D eigenvalue weighted by Crippen LogP contribution is 2.25. The number of nitrogens with zero attached hydrogens (tertiary/aromatic N) is 2. The second-order valence-electron chi connectivity index (χ2n) is 3.38. The van der Waals surface area contributed by atoms with Crippen LogP contribution < -0.4 is 4.74 Å². The van der Waals surface area contributed by atoms with E-state index in [2.05, 4.69) is 5.10 Å². The molecule has 0 N–H and O–H groups in total. The van der Waals surface area contributed by atoms with Gasteiger partial charge in [-0.2, -0.15) is 5.10 Å². The van der Waals surface area contributed by atoms with Crippen molar-refractivity contribution in [2.75, 3.05) is 0 Å². The average molecular weight is 237 g/mol. The molecule has 3 nitrogen and oxygen atoms in total. The zero-order chi connectivity index (χ0) is 11.4. The number of alkyl halides is 1. The predicted molar refractivity (Wildman–Crippen MR) is 64.0 cm³/mol. The summed E-state index contributed by atoms with van der Waals surface area (Å²) in [7, 11) is 0. The van der Waals surface area contributed by atoms with Gasteiger partial charge in [0.25, 0.3) is 0 Å². The Morgan fingerprint density at radius 1 is 1.38 bits per heavy atom. The molecule has 0 amide bonds. The van der Waals surface area contributed by atoms with Crippen LogP contribution in [0.25, 0.3) is 0 Å². The molecule has 0 atom stereocenters. The maximum atomic E-state index is 5.83. The minimum atomic E-state index is 0.443. The summed E-state index contributed by atoms with van der Waals surface area (Å²) in [4.78, 5) is 0. The van der Waals surface area contributed by atoms with Crippen molar-refractivity contribution >= 4 is 11.6 Å². The van der Waals surface area contributed by atoms with Gasteiger partial charge in [0.1, 0.15) is 5.75 Å². The van der Waals surface area contributed by atoms with Crippen LogP contribution in [0.5, 0.6) is 11.5 Å². The molecule has 4 heteroatoms. The molecule has 0 aliphatic rings. The van der Waals surface area contributed by atoms with Crippen LogP contribution in [0.1, 0.15) is 12.5 Å². The second-order valence-corrected chi connectivity index (χ2v) is 3.64. The summed E-state index contributed by atoms with van der Waals surface area (Å²) in [6.45, 7) is 2.87. The lowest BCUT2D eigenvalue weighted by atomic mass is 10.2. The molecule has 0 saturated carbocycles. The minimum absolute atomic E-state index is 0.443. The fourth-order valence-corrected chi connectivity index (χ4v) is 1.63. The summed E-state index contributed by atoms with van der Waals surface area (Å²) in [6, 6.07) is 7.73. The van der Waals surface area contributed by atoms with Gasteiger partial charge in [-0.25, -0.2) is 0 Å². The summed E-state index contributed by atoms with van der Waals surface area (Å²) >= 11 is 5.83. The van der Waals surface area contributed by atoms with Gasteiger partial charge in [0.05, 0.1) is 18.3 Å². The summed E-state index contributed by atoms with van der Waals surface area (Å²) < 4.78 is 7.53. The van der Waals surface area contributed by atoms with Gasteiger partial charge in [0.2, 0.25) is 0 Å². The summed E-state index contributed by atoms with van der Waals surface area (Å²) in [6.07, 6.45) is 3.57. The van der Waals surface area contributed by atoms with Crippen LogP contribution in [0.2, 0.25) is 0 Å². The van der Waals surface area contributed by atoms with Crippen LogP contribution in [-0.2, 0) is 12.4 Å². The lowest BCUT2D eigenvalue weighted by Crippen LogP contribution is -1.92. The van der Waals surface area contributed by atoms with Gasteiger partial charge in [-0.05, 0) is 13.0 Å². The van der Waals surface area contributed by atoms with E-state index in [0.717, 1.165) is 23.6 Å². The topological polar surface area (TPSA) is 27.1 Å². The van der Waals surface area contributed by atoms with E-state index >= 15 is 0 Å². The summed E-state index contributed by atoms with van der Waals surface area (Å²) in [5.74, 6) is 1.96. The van der Waals surface area contributed by atoms with E-state index in [4.69, 9.17) is 16.3 Å². The zero-order valence-electron chi connectivity index (χ0n) is 9.06. The Kier molecular flexibility index (Phi) is 3.47. The Morgan fingerprint density at radius 3 is 2.88 bits per heavy atom. The first kappa shape index (κ1) is 11.0. The van der Waals surface area contributed by atoms with Crippen LogP contribution in [0.3, 0.4) is 0 Å². The van der Waals surface area contributed by atoms with Crippen molar-refractivity contribution in [1.82, 2.24) is 9.78 Å². The quantitative estimate of drug-likeness (QED) is 0.761. The van der Waals surface area contributed by atoms with E-state index in [-0.39, 0.29) is 0 Å². The van der Waals surface area contributed by atoms with Gasteiger partial charge < -0.3 is 4.74 Å². The highest BCUT2D eigenvalue weighted by atomic mass is 35.5. The molecule has 1 aromatic heterocycles. The Hall–Kier alpha value is -1.48. The van der Waals surface area contributed by atoms with Crippen molar-refractivity contribution in [2.24, 2.45) is 0 Å². The number of ether oxygens (including phenoxy) is 1. The molecule has 2 rings (SSSR count). The van der Waals surface area contributed by atoms with E-state index in [1.54, 1.807) is 6.20 Å². The molecule has 2 aromatic rings. The van der Waals surface area contributed by atoms with Crippen molar-refractivity contribution in [2.45, 2.75) is 19.3 Å². The number of halogens is 1. The van der Waals surface area contributed by atoms with Crippen molar-refractivity contribution < 1.29 is 4.74 Å². The number of aromatic nitrogens is 2. The first-order valence-electron chi connectivity index (χ1n) is 5.17. The van der Waals surface area contributed by atoms with Gasteiger partial charge in [-0.3, -0.25) is 4.68 Å². The Morgan fingerprint density at radius 2 is 2.19 bits per heavy atom. The third-order valence-electron chi connectivity index (χ3n) is 2.28. The number of rotatable bonds is 4. The number of aryl methyl sites for hydroxylation is 1. The van der Waals surface area contributed by atoms with Gasteiger partial charge in [-0.1, -0.05) is 18.2 Å². The molecular formula is C12H13ClN2O. The molecular weight excluding hydrogens is 224 g/mol. The van der Waals surface area contributed by atoms with E-state index in [1.165, 1.54) is 0 Å². The Bertz CT molecular complexity index is 468. The first-order valence-corrected chi connectivity index (χ1v) is 5.71. The van der Waals surface area contributed by atoms with Crippen LogP contribution in [0, 0.1) is 0 Å². The van der Waals surface area contributed by atoms with Crippen LogP contribution in [-0.4, -0.2) is 9.78 Å². The zero-order valence-corrected chi connectivity index (χ0v) is 9.81. The summed E-state index contributed by atoms with van der Waals surface area (Å²) in [5, 5.41) is 4.15. The van der Waals surface area contributed by atoms with Crippen molar-refractivity contribution in [1.29, 1.82) is 0 Å². The fraction of sp³-hybridized carbons (Fsp3) is 0.250. The van der Waals surface area contributed by atoms with E-state index in [1.807, 2.05) is 42.1 Å². The lowest BCUT2D eigenvalue weighted by Gasteiger charge is -2.06. The smallest absolute Gasteiger partial charge is 0.165 e. The van der Waals surface area contributed by atoms with Gasteiger partial charge in [-0.15, -0.1) is 11.6 Å². The maximum absolute atomic E-state index is 5.83. The fourth-order valence-electron chi connectivity index (χ4n) is 1.41. The molecule has 0 aliphatic heterocycles. The predicted octanol–water partition coefficient (Wildman–Crippen LogP) is 3.43.